The smallest absolute Gasteiger partial charge is 0.304 e. The number of ether oxygens (including phenoxy) is 2. The van der Waals surface area contributed by atoms with Crippen LogP contribution in [-0.2, 0) is 14.4 Å². The molecule has 0 saturated carbocycles. The molecule has 0 fully saturated rings. The molecule has 7 rings (SSSR count). The van der Waals surface area contributed by atoms with E-state index in [1.807, 2.05) is 0 Å². The third-order valence-corrected chi connectivity index (χ3v) is 8.89. The quantitative estimate of drug-likeness (QED) is 0.0296. The van der Waals surface area contributed by atoms with E-state index in [-0.39, 0.29) is 40.2 Å². The van der Waals surface area contributed by atoms with E-state index in [9.17, 15) is 62.7 Å². The van der Waals surface area contributed by atoms with Crippen LogP contribution in [0.5, 0.6) is 23.0 Å². The highest BCUT2D eigenvalue weighted by atomic mass is 19.1. The lowest BCUT2D eigenvalue weighted by molar-refractivity contribution is -0.387. The molecule has 0 atom stereocenters. The lowest BCUT2D eigenvalue weighted by atomic mass is 10.2. The summed E-state index contributed by atoms with van der Waals surface area (Å²) >= 11 is 0. The van der Waals surface area contributed by atoms with Gasteiger partial charge in [0.1, 0.15) is 63.5 Å². The summed E-state index contributed by atoms with van der Waals surface area (Å²) in [5.74, 6) is 0.227. The average molecular weight is 1090 g/mol. The standard InChI is InChI=1S/C14H14N4O4.C14H16N4O2.C7H7FN2O2.C7H8N2O2.C6H3F2NO2.CH5N/c1-9(19)17-14-8-11(5-6-16-14)22-10-3-4-13(18(20)21)12(7-10)15-2;1-9(19)18-14-8-11(5-6-17-14)20-10-3-4-12(15)13(7-10)16-2;1-9-6-4-5(8)2-3-7(6)10(11)12;1-5(10)9-7-4-6(11)2-3-8-7;7-4-1-2-6(9(10)11)5(8)3-4;1-2/h3-8,15H,1-2H3,(H,16,17,19);3-8,16H,15H2,1-2H3,(H,17,18,19);2-4,9H,1H3;2-4H,1H3,(H2,8,9,10,11);1-3H;2H2,1H3. The number of amides is 3. The van der Waals surface area contributed by atoms with Crippen LogP contribution in [0.15, 0.2) is 133 Å². The molecule has 0 radical (unpaired) electrons. The van der Waals surface area contributed by atoms with Crippen LogP contribution in [0.1, 0.15) is 20.8 Å². The van der Waals surface area contributed by atoms with Crippen molar-refractivity contribution in [2.75, 3.05) is 65.8 Å². The molecule has 4 aromatic carbocycles. The number of anilines is 7. The van der Waals surface area contributed by atoms with Crippen LogP contribution in [0.4, 0.5) is 70.4 Å². The zero-order valence-electron chi connectivity index (χ0n) is 42.5. The van der Waals surface area contributed by atoms with Gasteiger partial charge in [0.15, 0.2) is 5.43 Å². The highest BCUT2D eigenvalue weighted by Gasteiger charge is 2.16. The Morgan fingerprint density at radius 1 is 0.538 bits per heavy atom. The van der Waals surface area contributed by atoms with Gasteiger partial charge in [0.05, 0.1) is 26.1 Å². The zero-order chi connectivity index (χ0) is 58.5. The maximum absolute atomic E-state index is 12.5. The summed E-state index contributed by atoms with van der Waals surface area (Å²) in [6, 6.07) is 24.3. The number of nitrogens with one attached hydrogen (secondary N) is 7. The summed E-state index contributed by atoms with van der Waals surface area (Å²) in [6.07, 6.45) is 4.54. The third-order valence-electron chi connectivity index (χ3n) is 8.89. The Kier molecular flexibility index (Phi) is 26.4. The number of carbonyl (C=O) groups is 3. The number of aromatic amines is 1. The predicted molar refractivity (Wildman–Crippen MR) is 287 cm³/mol. The highest BCUT2D eigenvalue weighted by molar-refractivity contribution is 5.88. The monoisotopic (exact) mass is 1090 g/mol. The van der Waals surface area contributed by atoms with Crippen molar-refractivity contribution in [2.45, 2.75) is 20.8 Å². The number of nitrogens with two attached hydrogens (primary N) is 2. The number of rotatable bonds is 13. The van der Waals surface area contributed by atoms with Crippen LogP contribution in [0, 0.1) is 47.8 Å². The van der Waals surface area contributed by atoms with E-state index in [2.05, 4.69) is 52.6 Å². The fourth-order valence-electron chi connectivity index (χ4n) is 5.68. The molecule has 3 aromatic heterocycles. The van der Waals surface area contributed by atoms with Crippen molar-refractivity contribution in [3.63, 3.8) is 0 Å². The summed E-state index contributed by atoms with van der Waals surface area (Å²) in [7, 11) is 6.38. The molecule has 412 valence electrons. The summed E-state index contributed by atoms with van der Waals surface area (Å²) in [5.41, 5.74) is 11.2. The van der Waals surface area contributed by atoms with Crippen LogP contribution in [-0.4, -0.2) is 75.6 Å². The number of benzene rings is 4. The second-order valence-electron chi connectivity index (χ2n) is 14.6. The molecule has 26 nitrogen and oxygen atoms in total. The van der Waals surface area contributed by atoms with Gasteiger partial charge in [-0.15, -0.1) is 0 Å². The Morgan fingerprint density at radius 2 is 0.949 bits per heavy atom. The Labute approximate surface area is 441 Å². The number of aromatic nitrogens is 3. The molecule has 0 unspecified atom stereocenters. The maximum Gasteiger partial charge on any atom is 0.304 e. The van der Waals surface area contributed by atoms with Gasteiger partial charge in [-0.25, -0.2) is 18.7 Å². The van der Waals surface area contributed by atoms with Gasteiger partial charge < -0.3 is 57.8 Å². The predicted octanol–water partition coefficient (Wildman–Crippen LogP) is 8.80. The molecular weight excluding hydrogens is 1030 g/mol. The van der Waals surface area contributed by atoms with Crippen molar-refractivity contribution in [1.82, 2.24) is 15.0 Å². The number of pyridine rings is 3. The van der Waals surface area contributed by atoms with Gasteiger partial charge >= 0.3 is 5.69 Å². The zero-order valence-corrected chi connectivity index (χ0v) is 42.5. The van der Waals surface area contributed by atoms with E-state index >= 15 is 0 Å². The minimum Gasteiger partial charge on any atom is -0.457 e. The van der Waals surface area contributed by atoms with E-state index in [4.69, 9.17) is 15.2 Å². The van der Waals surface area contributed by atoms with Crippen molar-refractivity contribution in [1.29, 1.82) is 0 Å². The lowest BCUT2D eigenvalue weighted by Gasteiger charge is -2.10. The molecule has 3 amide bonds. The van der Waals surface area contributed by atoms with Gasteiger partial charge in [0.25, 0.3) is 11.4 Å². The van der Waals surface area contributed by atoms with Crippen LogP contribution in [0.3, 0.4) is 0 Å². The SMILES string of the molecule is CC(=O)Nc1cc(=O)cc[nH]1.CN.CNc1cc(F)ccc1[N+](=O)[O-].CNc1cc(Oc2ccnc(NC(C)=O)c2)ccc1N.CNc1cc(Oc2ccnc(NC(C)=O)c2)ccc1[N+](=O)[O-].O=[N+]([O-])c1ccc(F)cc1F. The fourth-order valence-corrected chi connectivity index (χ4v) is 5.68. The average Bonchev–Trinajstić information content (AvgIpc) is 3.38. The van der Waals surface area contributed by atoms with Crippen molar-refractivity contribution >= 4 is 75.0 Å². The molecule has 11 N–H and O–H groups in total. The summed E-state index contributed by atoms with van der Waals surface area (Å²) in [5, 5.41) is 47.1. The van der Waals surface area contributed by atoms with E-state index in [0.717, 1.165) is 36.0 Å². The highest BCUT2D eigenvalue weighted by Crippen LogP contribution is 2.32. The summed E-state index contributed by atoms with van der Waals surface area (Å²) in [6.45, 7) is 4.18. The normalized spacial score (nSPS) is 9.53. The lowest BCUT2D eigenvalue weighted by Crippen LogP contribution is -2.09. The van der Waals surface area contributed by atoms with Gasteiger partial charge in [-0.1, -0.05) is 0 Å². The van der Waals surface area contributed by atoms with Gasteiger partial charge in [0.2, 0.25) is 23.5 Å². The molecule has 3 heterocycles. The Bertz CT molecular complexity index is 3240. The van der Waals surface area contributed by atoms with Gasteiger partial charge in [-0.05, 0) is 49.5 Å². The molecule has 0 spiro atoms. The number of nitrogen functional groups attached to an aromatic ring is 1. The Morgan fingerprint density at radius 3 is 1.38 bits per heavy atom. The molecule has 0 bridgehead atoms. The maximum atomic E-state index is 12.5. The molecule has 0 aliphatic heterocycles. The number of H-pyrrole nitrogens is 1. The van der Waals surface area contributed by atoms with Crippen LogP contribution in [0.2, 0.25) is 0 Å². The largest absolute Gasteiger partial charge is 0.457 e. The number of nitro benzene ring substituents is 3. The van der Waals surface area contributed by atoms with Crippen LogP contribution < -0.4 is 58.3 Å². The second-order valence-corrected chi connectivity index (χ2v) is 14.6. The number of nitro groups is 3. The van der Waals surface area contributed by atoms with Gasteiger partial charge in [0, 0.05) is 127 Å². The first-order chi connectivity index (χ1) is 37.0. The number of hydrogen-bond donors (Lipinski definition) is 9. The minimum absolute atomic E-state index is 0.0384. The first-order valence-electron chi connectivity index (χ1n) is 22.1. The minimum atomic E-state index is -1.16. The Balaban J connectivity index is 0.000000341. The molecule has 0 saturated heterocycles. The summed E-state index contributed by atoms with van der Waals surface area (Å²) < 4.78 is 48.4. The van der Waals surface area contributed by atoms with E-state index in [1.54, 1.807) is 62.8 Å². The third kappa shape index (κ3) is 22.6. The second kappa shape index (κ2) is 32.5. The first kappa shape index (κ1) is 63.4. The fraction of sp³-hybridized carbons (Fsp3) is 0.143. The number of hydrogen-bond acceptors (Lipinski definition) is 19. The van der Waals surface area contributed by atoms with Crippen LogP contribution >= 0.6 is 0 Å². The molecule has 0 aliphatic rings. The molecule has 7 aromatic rings. The van der Waals surface area contributed by atoms with E-state index in [1.165, 1.54) is 77.6 Å². The van der Waals surface area contributed by atoms with Crippen LogP contribution in [0.25, 0.3) is 0 Å². The molecular formula is C49H53F3N14O12. The van der Waals surface area contributed by atoms with Crippen molar-refractivity contribution in [3.8, 4) is 23.0 Å². The van der Waals surface area contributed by atoms with Gasteiger partial charge in [-0.2, -0.15) is 4.39 Å². The van der Waals surface area contributed by atoms with E-state index < -0.39 is 37.9 Å². The summed E-state index contributed by atoms with van der Waals surface area (Å²) in [4.78, 5) is 83.1. The number of carbonyl (C=O) groups excluding carboxylic acids is 3. The number of halogens is 3. The van der Waals surface area contributed by atoms with Crippen molar-refractivity contribution in [3.05, 3.63) is 186 Å². The number of nitrogens with zero attached hydrogens (tertiary/aromatic N) is 5. The molecule has 78 heavy (non-hydrogen) atoms. The van der Waals surface area contributed by atoms with Crippen molar-refractivity contribution < 1.29 is 51.8 Å². The van der Waals surface area contributed by atoms with Gasteiger partial charge in [-0.3, -0.25) is 49.5 Å². The Hall–Kier alpha value is -10.7. The van der Waals surface area contributed by atoms with Crippen molar-refractivity contribution in [2.24, 2.45) is 5.73 Å². The van der Waals surface area contributed by atoms with E-state index in [0.29, 0.717) is 57.9 Å². The molecule has 29 heteroatoms. The molecule has 0 aliphatic carbocycles. The first-order valence-corrected chi connectivity index (χ1v) is 22.1. The topological polar surface area (TPSA) is 382 Å².